The van der Waals surface area contributed by atoms with E-state index in [0.717, 1.165) is 12.8 Å². The van der Waals surface area contributed by atoms with Crippen molar-refractivity contribution < 1.29 is 19.0 Å². The lowest BCUT2D eigenvalue weighted by Crippen LogP contribution is -2.34. The second kappa shape index (κ2) is 7.98. The Balaban J connectivity index is 2.76. The van der Waals surface area contributed by atoms with Gasteiger partial charge in [0.15, 0.2) is 0 Å². The predicted molar refractivity (Wildman–Crippen MR) is 81.0 cm³/mol. The van der Waals surface area contributed by atoms with Gasteiger partial charge >= 0.3 is 0 Å². The van der Waals surface area contributed by atoms with Crippen LogP contribution in [0.1, 0.15) is 46.0 Å². The number of hydrogen-bond acceptors (Lipinski definition) is 3. The molecule has 118 valence electrons. The Morgan fingerprint density at radius 3 is 2.48 bits per heavy atom. The van der Waals surface area contributed by atoms with Crippen molar-refractivity contribution in [1.29, 1.82) is 0 Å². The number of ether oxygens (including phenoxy) is 1. The summed E-state index contributed by atoms with van der Waals surface area (Å²) in [6.45, 7) is 3.92. The Kier molecular flexibility index (Phi) is 6.62. The lowest BCUT2D eigenvalue weighted by molar-refractivity contribution is -0.121. The van der Waals surface area contributed by atoms with Crippen LogP contribution in [0.15, 0.2) is 18.2 Å². The normalized spacial score (nSPS) is 11.3. The summed E-state index contributed by atoms with van der Waals surface area (Å²) in [7, 11) is 1.47. The highest BCUT2D eigenvalue weighted by Gasteiger charge is 2.28. The molecule has 0 aliphatic carbocycles. The first-order valence-corrected chi connectivity index (χ1v) is 7.30. The van der Waals surface area contributed by atoms with Crippen LogP contribution in [-0.4, -0.2) is 23.7 Å². The second-order valence-corrected chi connectivity index (χ2v) is 5.30. The van der Waals surface area contributed by atoms with Crippen molar-refractivity contribution in [3.63, 3.8) is 0 Å². The van der Waals surface area contributed by atoms with Gasteiger partial charge < -0.3 is 15.2 Å². The molecule has 1 aromatic rings. The number of benzene rings is 1. The van der Waals surface area contributed by atoms with Gasteiger partial charge in [0.25, 0.3) is 0 Å². The first kappa shape index (κ1) is 17.4. The Bertz CT molecular complexity index is 471. The van der Waals surface area contributed by atoms with E-state index in [2.05, 4.69) is 5.32 Å². The summed E-state index contributed by atoms with van der Waals surface area (Å²) in [6, 6.07) is 4.14. The van der Waals surface area contributed by atoms with Crippen LogP contribution in [0, 0.1) is 5.82 Å². The van der Waals surface area contributed by atoms with E-state index >= 15 is 0 Å². The number of anilines is 1. The first-order chi connectivity index (χ1) is 9.94. The van der Waals surface area contributed by atoms with E-state index in [1.807, 2.05) is 13.8 Å². The van der Waals surface area contributed by atoms with Gasteiger partial charge in [-0.15, -0.1) is 0 Å². The molecule has 0 fully saturated rings. The number of carbonyl (C=O) groups excluding carboxylic acids is 1. The molecule has 0 unspecified atom stereocenters. The van der Waals surface area contributed by atoms with E-state index in [4.69, 9.17) is 4.74 Å². The molecule has 0 bridgehead atoms. The molecule has 1 rings (SSSR count). The molecule has 1 aromatic carbocycles. The van der Waals surface area contributed by atoms with Crippen LogP contribution < -0.4 is 10.1 Å². The number of methoxy groups -OCH3 is 1. The van der Waals surface area contributed by atoms with Crippen molar-refractivity contribution in [3.05, 3.63) is 24.0 Å². The molecule has 21 heavy (non-hydrogen) atoms. The number of amides is 1. The molecule has 0 aliphatic rings. The summed E-state index contributed by atoms with van der Waals surface area (Å²) in [5, 5.41) is 13.0. The first-order valence-electron chi connectivity index (χ1n) is 7.30. The molecule has 0 saturated heterocycles. The minimum Gasteiger partial charge on any atom is -0.497 e. The van der Waals surface area contributed by atoms with Gasteiger partial charge in [-0.25, -0.2) is 4.39 Å². The van der Waals surface area contributed by atoms with Gasteiger partial charge in [-0.05, 0) is 25.0 Å². The maximum atomic E-state index is 13.7. The average molecular weight is 297 g/mol. The molecular formula is C16H24FNO3. The van der Waals surface area contributed by atoms with E-state index < -0.39 is 17.3 Å². The third-order valence-corrected chi connectivity index (χ3v) is 3.37. The molecule has 1 amide bonds. The van der Waals surface area contributed by atoms with Crippen LogP contribution in [0.2, 0.25) is 0 Å². The topological polar surface area (TPSA) is 58.6 Å². The highest BCUT2D eigenvalue weighted by atomic mass is 19.1. The lowest BCUT2D eigenvalue weighted by atomic mass is 9.89. The van der Waals surface area contributed by atoms with Crippen molar-refractivity contribution in [2.45, 2.75) is 51.6 Å². The number of nitrogens with one attached hydrogen (secondary N) is 1. The van der Waals surface area contributed by atoms with Gasteiger partial charge in [0, 0.05) is 6.07 Å². The predicted octanol–water partition coefficient (Wildman–Crippen LogP) is 3.49. The monoisotopic (exact) mass is 297 g/mol. The van der Waals surface area contributed by atoms with Crippen LogP contribution in [0.5, 0.6) is 5.75 Å². The van der Waals surface area contributed by atoms with Crippen LogP contribution in [0.3, 0.4) is 0 Å². The molecule has 0 aliphatic heterocycles. The Morgan fingerprint density at radius 1 is 1.33 bits per heavy atom. The number of aliphatic hydroxyl groups is 1. The fraction of sp³-hybridized carbons (Fsp3) is 0.562. The Labute approximate surface area is 125 Å². The zero-order valence-corrected chi connectivity index (χ0v) is 12.9. The molecule has 0 saturated carbocycles. The highest BCUT2D eigenvalue weighted by molar-refractivity contribution is 5.91. The van der Waals surface area contributed by atoms with Gasteiger partial charge in [0.1, 0.15) is 11.6 Å². The number of carbonyl (C=O) groups is 1. The molecular weight excluding hydrogens is 273 g/mol. The summed E-state index contributed by atoms with van der Waals surface area (Å²) >= 11 is 0. The smallest absolute Gasteiger partial charge is 0.227 e. The summed E-state index contributed by atoms with van der Waals surface area (Å²) in [6.07, 6.45) is 2.64. The minimum atomic E-state index is -1.02. The quantitative estimate of drug-likeness (QED) is 0.772. The second-order valence-electron chi connectivity index (χ2n) is 5.30. The lowest BCUT2D eigenvalue weighted by Gasteiger charge is -2.26. The summed E-state index contributed by atoms with van der Waals surface area (Å²) < 4.78 is 18.7. The maximum Gasteiger partial charge on any atom is 0.227 e. The maximum absolute atomic E-state index is 13.7. The van der Waals surface area contributed by atoms with Gasteiger partial charge in [0.2, 0.25) is 5.91 Å². The summed E-state index contributed by atoms with van der Waals surface area (Å²) in [5.74, 6) is -0.464. The molecule has 0 heterocycles. The van der Waals surface area contributed by atoms with Gasteiger partial charge in [0.05, 0.1) is 24.8 Å². The average Bonchev–Trinajstić information content (AvgIpc) is 2.41. The zero-order valence-electron chi connectivity index (χ0n) is 12.9. The van der Waals surface area contributed by atoms with Crippen molar-refractivity contribution in [3.8, 4) is 5.75 Å². The number of halogens is 1. The zero-order chi connectivity index (χ0) is 15.9. The van der Waals surface area contributed by atoms with Crippen molar-refractivity contribution in [1.82, 2.24) is 0 Å². The van der Waals surface area contributed by atoms with E-state index in [1.54, 1.807) is 0 Å². The van der Waals surface area contributed by atoms with Crippen LogP contribution in [-0.2, 0) is 4.79 Å². The van der Waals surface area contributed by atoms with Gasteiger partial charge in [-0.3, -0.25) is 4.79 Å². The van der Waals surface area contributed by atoms with E-state index in [0.29, 0.717) is 18.6 Å². The fourth-order valence-corrected chi connectivity index (χ4v) is 2.45. The van der Waals surface area contributed by atoms with Gasteiger partial charge in [-0.2, -0.15) is 0 Å². The highest BCUT2D eigenvalue weighted by Crippen LogP contribution is 2.26. The SMILES string of the molecule is CCCC(O)(CCC)CC(=O)Nc1cc(OC)ccc1F. The minimum absolute atomic E-state index is 0.0364. The Hall–Kier alpha value is -1.62. The number of rotatable bonds is 8. The summed E-state index contributed by atoms with van der Waals surface area (Å²) in [5.41, 5.74) is -0.960. The molecule has 4 nitrogen and oxygen atoms in total. The van der Waals surface area contributed by atoms with E-state index in [-0.39, 0.29) is 12.1 Å². The van der Waals surface area contributed by atoms with Crippen LogP contribution in [0.4, 0.5) is 10.1 Å². The number of hydrogen-bond donors (Lipinski definition) is 2. The Morgan fingerprint density at radius 2 is 1.95 bits per heavy atom. The molecule has 2 N–H and O–H groups in total. The van der Waals surface area contributed by atoms with Crippen molar-refractivity contribution in [2.24, 2.45) is 0 Å². The third-order valence-electron chi connectivity index (χ3n) is 3.37. The third kappa shape index (κ3) is 5.34. The van der Waals surface area contributed by atoms with Crippen molar-refractivity contribution in [2.75, 3.05) is 12.4 Å². The summed E-state index contributed by atoms with van der Waals surface area (Å²) in [4.78, 5) is 12.1. The molecule has 0 radical (unpaired) electrons. The van der Waals surface area contributed by atoms with E-state index in [1.165, 1.54) is 25.3 Å². The van der Waals surface area contributed by atoms with Crippen LogP contribution in [0.25, 0.3) is 0 Å². The van der Waals surface area contributed by atoms with Crippen molar-refractivity contribution >= 4 is 11.6 Å². The molecule has 5 heteroatoms. The molecule has 0 spiro atoms. The standard InChI is InChI=1S/C16H24FNO3/c1-4-8-16(20,9-5-2)11-15(19)18-14-10-12(21-3)6-7-13(14)17/h6-7,10,20H,4-5,8-9,11H2,1-3H3,(H,18,19). The fourth-order valence-electron chi connectivity index (χ4n) is 2.45. The molecule has 0 atom stereocenters. The largest absolute Gasteiger partial charge is 0.497 e. The van der Waals surface area contributed by atoms with E-state index in [9.17, 15) is 14.3 Å². The van der Waals surface area contributed by atoms with Gasteiger partial charge in [-0.1, -0.05) is 26.7 Å². The molecule has 0 aromatic heterocycles. The van der Waals surface area contributed by atoms with Crippen LogP contribution >= 0.6 is 0 Å².